The van der Waals surface area contributed by atoms with Crippen molar-refractivity contribution in [2.24, 2.45) is 11.7 Å². The molecule has 0 amide bonds. The number of benzene rings is 1. The van der Waals surface area contributed by atoms with Crippen LogP contribution in [0.4, 0.5) is 23.2 Å². The largest absolute Gasteiger partial charge is 0.393 e. The lowest BCUT2D eigenvalue weighted by Gasteiger charge is -2.36. The van der Waals surface area contributed by atoms with E-state index in [1.165, 1.54) is 17.0 Å². The Morgan fingerprint density at radius 3 is 2.65 bits per heavy atom. The summed E-state index contributed by atoms with van der Waals surface area (Å²) in [6, 6.07) is 4.20. The predicted molar refractivity (Wildman–Crippen MR) is 73.3 cm³/mol. The van der Waals surface area contributed by atoms with E-state index in [-0.39, 0.29) is 23.5 Å². The maximum atomic E-state index is 13.8. The van der Waals surface area contributed by atoms with Crippen LogP contribution in [0.5, 0.6) is 0 Å². The van der Waals surface area contributed by atoms with Gasteiger partial charge < -0.3 is 10.6 Å². The molecular formula is C13H14F4N2S. The van der Waals surface area contributed by atoms with Crippen LogP contribution < -0.4 is 10.6 Å². The second kappa shape index (κ2) is 5.55. The number of anilines is 1. The van der Waals surface area contributed by atoms with Crippen molar-refractivity contribution >= 4 is 22.9 Å². The Hall–Kier alpha value is -1.37. The number of rotatable bonds is 2. The third-order valence-corrected chi connectivity index (χ3v) is 3.67. The van der Waals surface area contributed by atoms with E-state index in [0.29, 0.717) is 18.7 Å². The molecule has 2 rings (SSSR count). The van der Waals surface area contributed by atoms with Crippen LogP contribution >= 0.6 is 12.2 Å². The quantitative estimate of drug-likeness (QED) is 0.672. The van der Waals surface area contributed by atoms with Crippen LogP contribution in [0.3, 0.4) is 0 Å². The average molecular weight is 306 g/mol. The zero-order valence-corrected chi connectivity index (χ0v) is 11.4. The minimum Gasteiger partial charge on any atom is -0.389 e. The van der Waals surface area contributed by atoms with E-state index in [9.17, 15) is 17.6 Å². The molecule has 0 saturated carbocycles. The van der Waals surface area contributed by atoms with Crippen molar-refractivity contribution in [2.45, 2.75) is 19.0 Å². The predicted octanol–water partition coefficient (Wildman–Crippen LogP) is 3.24. The molecule has 0 aliphatic carbocycles. The highest BCUT2D eigenvalue weighted by molar-refractivity contribution is 7.80. The monoisotopic (exact) mass is 306 g/mol. The Balaban J connectivity index is 2.32. The molecule has 1 aliphatic rings. The Bertz CT molecular complexity index is 516. The first kappa shape index (κ1) is 15.0. The standard InChI is InChI=1S/C13H14F4N2S/c14-9-4-1-5-10(11(9)12(18)20)19-6-2-3-8(7-19)13(15,16)17/h1,4-5,8H,2-3,6-7H2,(H2,18,20). The van der Waals surface area contributed by atoms with E-state index in [0.717, 1.165) is 0 Å². The molecule has 20 heavy (non-hydrogen) atoms. The number of nitrogens with zero attached hydrogens (tertiary/aromatic N) is 1. The Morgan fingerprint density at radius 1 is 1.35 bits per heavy atom. The maximum Gasteiger partial charge on any atom is 0.393 e. The van der Waals surface area contributed by atoms with Gasteiger partial charge >= 0.3 is 6.18 Å². The first-order valence-electron chi connectivity index (χ1n) is 6.20. The van der Waals surface area contributed by atoms with E-state index in [2.05, 4.69) is 0 Å². The second-order valence-electron chi connectivity index (χ2n) is 4.82. The lowest BCUT2D eigenvalue weighted by molar-refractivity contribution is -0.175. The first-order valence-corrected chi connectivity index (χ1v) is 6.61. The van der Waals surface area contributed by atoms with Crippen molar-refractivity contribution in [3.63, 3.8) is 0 Å². The van der Waals surface area contributed by atoms with Gasteiger partial charge in [-0.2, -0.15) is 13.2 Å². The smallest absolute Gasteiger partial charge is 0.389 e. The van der Waals surface area contributed by atoms with Crippen molar-refractivity contribution in [3.05, 3.63) is 29.6 Å². The van der Waals surface area contributed by atoms with Crippen LogP contribution in [-0.2, 0) is 0 Å². The maximum absolute atomic E-state index is 13.8. The Kier molecular flexibility index (Phi) is 4.17. The van der Waals surface area contributed by atoms with Gasteiger partial charge in [0.15, 0.2) is 0 Å². The fraction of sp³-hybridized carbons (Fsp3) is 0.462. The normalized spacial score (nSPS) is 20.0. The zero-order chi connectivity index (χ0) is 14.9. The van der Waals surface area contributed by atoms with Crippen molar-refractivity contribution < 1.29 is 17.6 Å². The molecule has 0 spiro atoms. The van der Waals surface area contributed by atoms with Crippen LogP contribution in [0.1, 0.15) is 18.4 Å². The van der Waals surface area contributed by atoms with Crippen LogP contribution in [0.25, 0.3) is 0 Å². The number of halogens is 4. The molecule has 0 aromatic heterocycles. The van der Waals surface area contributed by atoms with Gasteiger partial charge in [0, 0.05) is 18.8 Å². The average Bonchev–Trinajstić information content (AvgIpc) is 2.37. The molecule has 0 bridgehead atoms. The molecule has 1 aliphatic heterocycles. The van der Waals surface area contributed by atoms with Gasteiger partial charge in [-0.1, -0.05) is 18.3 Å². The summed E-state index contributed by atoms with van der Waals surface area (Å²) in [7, 11) is 0. The van der Waals surface area contributed by atoms with Gasteiger partial charge in [-0.15, -0.1) is 0 Å². The van der Waals surface area contributed by atoms with E-state index in [1.807, 2.05) is 0 Å². The number of thiocarbonyl (C=S) groups is 1. The molecule has 1 aromatic rings. The molecule has 1 atom stereocenters. The molecule has 1 heterocycles. The Morgan fingerprint density at radius 2 is 2.05 bits per heavy atom. The third-order valence-electron chi connectivity index (χ3n) is 3.46. The lowest BCUT2D eigenvalue weighted by atomic mass is 9.96. The van der Waals surface area contributed by atoms with Gasteiger partial charge in [-0.25, -0.2) is 4.39 Å². The molecule has 7 heteroatoms. The molecule has 1 fully saturated rings. The molecule has 1 unspecified atom stereocenters. The molecule has 2 nitrogen and oxygen atoms in total. The Labute approximate surface area is 119 Å². The van der Waals surface area contributed by atoms with Crippen molar-refractivity contribution in [1.82, 2.24) is 0 Å². The van der Waals surface area contributed by atoms with Crippen LogP contribution in [0.2, 0.25) is 0 Å². The van der Waals surface area contributed by atoms with Crippen molar-refractivity contribution in [1.29, 1.82) is 0 Å². The van der Waals surface area contributed by atoms with E-state index < -0.39 is 17.9 Å². The molecule has 0 radical (unpaired) electrons. The van der Waals surface area contributed by atoms with Crippen molar-refractivity contribution in [2.75, 3.05) is 18.0 Å². The third kappa shape index (κ3) is 3.03. The zero-order valence-electron chi connectivity index (χ0n) is 10.6. The number of nitrogens with two attached hydrogens (primary N) is 1. The van der Waals surface area contributed by atoms with Gasteiger partial charge in [-0.05, 0) is 25.0 Å². The fourth-order valence-electron chi connectivity index (χ4n) is 2.48. The van der Waals surface area contributed by atoms with Crippen LogP contribution in [0, 0.1) is 11.7 Å². The molecule has 1 aromatic carbocycles. The summed E-state index contributed by atoms with van der Waals surface area (Å²) in [5.74, 6) is -2.01. The highest BCUT2D eigenvalue weighted by Crippen LogP contribution is 2.36. The fourth-order valence-corrected chi connectivity index (χ4v) is 2.69. The van der Waals surface area contributed by atoms with E-state index in [4.69, 9.17) is 18.0 Å². The summed E-state index contributed by atoms with van der Waals surface area (Å²) >= 11 is 4.80. The van der Waals surface area contributed by atoms with Gasteiger partial charge in [0.05, 0.1) is 11.5 Å². The minimum atomic E-state index is -4.24. The minimum absolute atomic E-state index is 0.0188. The van der Waals surface area contributed by atoms with Crippen LogP contribution in [-0.4, -0.2) is 24.3 Å². The summed E-state index contributed by atoms with van der Waals surface area (Å²) in [4.78, 5) is 1.37. The SMILES string of the molecule is NC(=S)c1c(F)cccc1N1CCCC(C(F)(F)F)C1. The summed E-state index contributed by atoms with van der Waals surface area (Å²) in [6.07, 6.45) is -3.75. The number of alkyl halides is 3. The first-order chi connectivity index (χ1) is 9.30. The number of hydrogen-bond acceptors (Lipinski definition) is 2. The van der Waals surface area contributed by atoms with Gasteiger partial charge in [0.25, 0.3) is 0 Å². The second-order valence-corrected chi connectivity index (χ2v) is 5.26. The summed E-state index contributed by atoms with van der Waals surface area (Å²) < 4.78 is 52.2. The van der Waals surface area contributed by atoms with Crippen LogP contribution in [0.15, 0.2) is 18.2 Å². The van der Waals surface area contributed by atoms with Gasteiger partial charge in [0.1, 0.15) is 10.8 Å². The lowest BCUT2D eigenvalue weighted by Crippen LogP contribution is -2.42. The molecule has 2 N–H and O–H groups in total. The highest BCUT2D eigenvalue weighted by Gasteiger charge is 2.42. The van der Waals surface area contributed by atoms with Gasteiger partial charge in [0.2, 0.25) is 0 Å². The summed E-state index contributed by atoms with van der Waals surface area (Å²) in [6.45, 7) is 0.244. The summed E-state index contributed by atoms with van der Waals surface area (Å²) in [5.41, 5.74) is 5.84. The molecule has 110 valence electrons. The van der Waals surface area contributed by atoms with Crippen molar-refractivity contribution in [3.8, 4) is 0 Å². The van der Waals surface area contributed by atoms with Gasteiger partial charge in [-0.3, -0.25) is 0 Å². The molecule has 1 saturated heterocycles. The highest BCUT2D eigenvalue weighted by atomic mass is 32.1. The topological polar surface area (TPSA) is 29.3 Å². The molecular weight excluding hydrogens is 292 g/mol. The van der Waals surface area contributed by atoms with E-state index >= 15 is 0 Å². The van der Waals surface area contributed by atoms with E-state index in [1.54, 1.807) is 6.07 Å². The number of piperidine rings is 1. The number of hydrogen-bond donors (Lipinski definition) is 1. The summed E-state index contributed by atoms with van der Waals surface area (Å²) in [5, 5.41) is 0.